The highest BCUT2D eigenvalue weighted by atomic mass is 16.3. The van der Waals surface area contributed by atoms with Crippen LogP contribution < -0.4 is 0 Å². The SMILES string of the molecule is CCc1cccc2c(CC(=O)N3CCC(C)C(O)C3)c[nH]c12. The fraction of sp³-hybridized carbons (Fsp3) is 0.500. The summed E-state index contributed by atoms with van der Waals surface area (Å²) in [4.78, 5) is 17.6. The predicted molar refractivity (Wildman–Crippen MR) is 87.7 cm³/mol. The molecule has 2 heterocycles. The third-order valence-electron chi connectivity index (χ3n) is 4.88. The lowest BCUT2D eigenvalue weighted by molar-refractivity contribution is -0.134. The Hall–Kier alpha value is -1.81. The lowest BCUT2D eigenvalue weighted by atomic mass is 9.95. The van der Waals surface area contributed by atoms with Crippen molar-refractivity contribution in [1.29, 1.82) is 0 Å². The van der Waals surface area contributed by atoms with Crippen molar-refractivity contribution in [3.8, 4) is 0 Å². The Morgan fingerprint density at radius 2 is 2.23 bits per heavy atom. The van der Waals surface area contributed by atoms with Gasteiger partial charge in [-0.25, -0.2) is 0 Å². The number of nitrogens with one attached hydrogen (secondary N) is 1. The Morgan fingerprint density at radius 1 is 1.41 bits per heavy atom. The number of H-pyrrole nitrogens is 1. The molecule has 1 aliphatic rings. The first-order valence-electron chi connectivity index (χ1n) is 8.13. The van der Waals surface area contributed by atoms with Gasteiger partial charge < -0.3 is 15.0 Å². The number of aliphatic hydroxyl groups is 1. The highest BCUT2D eigenvalue weighted by Crippen LogP contribution is 2.24. The number of hydrogen-bond acceptors (Lipinski definition) is 2. The molecule has 0 spiro atoms. The average Bonchev–Trinajstić information content (AvgIpc) is 2.93. The molecule has 3 rings (SSSR count). The molecule has 1 amide bonds. The van der Waals surface area contributed by atoms with Crippen LogP contribution in [0.4, 0.5) is 0 Å². The summed E-state index contributed by atoms with van der Waals surface area (Å²) in [6.07, 6.45) is 3.80. The maximum absolute atomic E-state index is 12.5. The predicted octanol–water partition coefficient (Wildman–Crippen LogP) is 2.50. The van der Waals surface area contributed by atoms with E-state index in [1.165, 1.54) is 5.56 Å². The highest BCUT2D eigenvalue weighted by molar-refractivity contribution is 5.90. The lowest BCUT2D eigenvalue weighted by Crippen LogP contribution is -2.46. The van der Waals surface area contributed by atoms with Crippen molar-refractivity contribution in [2.24, 2.45) is 5.92 Å². The minimum atomic E-state index is -0.396. The first-order valence-corrected chi connectivity index (χ1v) is 8.13. The van der Waals surface area contributed by atoms with Gasteiger partial charge in [0.05, 0.1) is 12.5 Å². The van der Waals surface area contributed by atoms with E-state index in [0.29, 0.717) is 13.0 Å². The fourth-order valence-corrected chi connectivity index (χ4v) is 3.27. The fourth-order valence-electron chi connectivity index (χ4n) is 3.27. The molecule has 0 radical (unpaired) electrons. The van der Waals surface area contributed by atoms with Crippen LogP contribution in [0.3, 0.4) is 0 Å². The summed E-state index contributed by atoms with van der Waals surface area (Å²) < 4.78 is 0. The number of aromatic nitrogens is 1. The molecule has 118 valence electrons. The van der Waals surface area contributed by atoms with Gasteiger partial charge in [-0.15, -0.1) is 0 Å². The number of aromatic amines is 1. The monoisotopic (exact) mass is 300 g/mol. The molecule has 1 fully saturated rings. The number of piperidine rings is 1. The van der Waals surface area contributed by atoms with Crippen LogP contribution in [0.1, 0.15) is 31.4 Å². The summed E-state index contributed by atoms with van der Waals surface area (Å²) >= 11 is 0. The molecule has 2 N–H and O–H groups in total. The van der Waals surface area contributed by atoms with Crippen molar-refractivity contribution in [2.45, 2.75) is 39.2 Å². The third kappa shape index (κ3) is 2.75. The van der Waals surface area contributed by atoms with Gasteiger partial charge >= 0.3 is 0 Å². The number of carbonyl (C=O) groups is 1. The normalized spacial score (nSPS) is 22.2. The van der Waals surface area contributed by atoms with E-state index in [0.717, 1.165) is 35.9 Å². The van der Waals surface area contributed by atoms with Crippen LogP contribution in [0.5, 0.6) is 0 Å². The van der Waals surface area contributed by atoms with Gasteiger partial charge in [0.1, 0.15) is 0 Å². The number of fused-ring (bicyclic) bond motifs is 1. The van der Waals surface area contributed by atoms with Crippen molar-refractivity contribution in [3.05, 3.63) is 35.5 Å². The number of aliphatic hydroxyl groups excluding tert-OH is 1. The van der Waals surface area contributed by atoms with Gasteiger partial charge in [0.2, 0.25) is 5.91 Å². The maximum Gasteiger partial charge on any atom is 0.227 e. The number of amides is 1. The van der Waals surface area contributed by atoms with Crippen LogP contribution in [0.2, 0.25) is 0 Å². The minimum Gasteiger partial charge on any atom is -0.391 e. The molecule has 1 aromatic carbocycles. The number of benzene rings is 1. The van der Waals surface area contributed by atoms with Crippen LogP contribution >= 0.6 is 0 Å². The van der Waals surface area contributed by atoms with Gasteiger partial charge in [0.15, 0.2) is 0 Å². The topological polar surface area (TPSA) is 56.3 Å². The van der Waals surface area contributed by atoms with Gasteiger partial charge in [-0.3, -0.25) is 4.79 Å². The second kappa shape index (κ2) is 6.13. The number of aryl methyl sites for hydroxylation is 1. The van der Waals surface area contributed by atoms with Crippen molar-refractivity contribution < 1.29 is 9.90 Å². The molecular weight excluding hydrogens is 276 g/mol. The quantitative estimate of drug-likeness (QED) is 0.915. The van der Waals surface area contributed by atoms with E-state index in [4.69, 9.17) is 0 Å². The van der Waals surface area contributed by atoms with Crippen LogP contribution in [0.15, 0.2) is 24.4 Å². The van der Waals surface area contributed by atoms with Gasteiger partial charge in [-0.2, -0.15) is 0 Å². The van der Waals surface area contributed by atoms with E-state index >= 15 is 0 Å². The molecule has 1 aromatic heterocycles. The Labute approximate surface area is 131 Å². The van der Waals surface area contributed by atoms with E-state index < -0.39 is 6.10 Å². The summed E-state index contributed by atoms with van der Waals surface area (Å²) in [5.74, 6) is 0.387. The number of likely N-dealkylation sites (tertiary alicyclic amines) is 1. The summed E-state index contributed by atoms with van der Waals surface area (Å²) in [5, 5.41) is 11.1. The molecule has 1 aliphatic heterocycles. The van der Waals surface area contributed by atoms with E-state index in [1.54, 1.807) is 4.90 Å². The van der Waals surface area contributed by atoms with Crippen molar-refractivity contribution in [3.63, 3.8) is 0 Å². The molecule has 22 heavy (non-hydrogen) atoms. The number of para-hydroxylation sites is 1. The number of rotatable bonds is 3. The van der Waals surface area contributed by atoms with Crippen molar-refractivity contribution in [2.75, 3.05) is 13.1 Å². The zero-order chi connectivity index (χ0) is 15.7. The number of carbonyl (C=O) groups excluding carboxylic acids is 1. The first kappa shape index (κ1) is 15.1. The number of β-amino-alcohol motifs (C(OH)–C–C–N with tert-alkyl or cyclic N) is 1. The van der Waals surface area contributed by atoms with Gasteiger partial charge in [-0.05, 0) is 29.9 Å². The Bertz CT molecular complexity index is 677. The van der Waals surface area contributed by atoms with E-state index in [1.807, 2.05) is 13.1 Å². The second-order valence-electron chi connectivity index (χ2n) is 6.36. The summed E-state index contributed by atoms with van der Waals surface area (Å²) in [6.45, 7) is 5.39. The molecule has 0 saturated carbocycles. The highest BCUT2D eigenvalue weighted by Gasteiger charge is 2.27. The first-order chi connectivity index (χ1) is 10.6. The Morgan fingerprint density at radius 3 is 2.95 bits per heavy atom. The lowest BCUT2D eigenvalue weighted by Gasteiger charge is -2.34. The van der Waals surface area contributed by atoms with E-state index in [9.17, 15) is 9.90 Å². The van der Waals surface area contributed by atoms with Crippen LogP contribution in [-0.2, 0) is 17.6 Å². The average molecular weight is 300 g/mol. The van der Waals surface area contributed by atoms with E-state index in [-0.39, 0.29) is 11.8 Å². The number of hydrogen-bond donors (Lipinski definition) is 2. The maximum atomic E-state index is 12.5. The molecule has 1 saturated heterocycles. The zero-order valence-electron chi connectivity index (χ0n) is 13.3. The summed E-state index contributed by atoms with van der Waals surface area (Å²) in [7, 11) is 0. The second-order valence-corrected chi connectivity index (χ2v) is 6.36. The molecule has 0 aliphatic carbocycles. The largest absolute Gasteiger partial charge is 0.391 e. The third-order valence-corrected chi connectivity index (χ3v) is 4.88. The summed E-state index contributed by atoms with van der Waals surface area (Å²) in [5.41, 5.74) is 3.46. The molecule has 4 nitrogen and oxygen atoms in total. The van der Waals surface area contributed by atoms with Gasteiger partial charge in [0, 0.05) is 30.2 Å². The molecule has 0 bridgehead atoms. The minimum absolute atomic E-state index is 0.105. The number of nitrogens with zero attached hydrogens (tertiary/aromatic N) is 1. The molecular formula is C18H24N2O2. The standard InChI is InChI=1S/C18H24N2O2/c1-3-13-5-4-6-15-14(10-19-18(13)15)9-17(22)20-8-7-12(2)16(21)11-20/h4-6,10,12,16,19,21H,3,7-9,11H2,1-2H3. The van der Waals surface area contributed by atoms with Gasteiger partial charge in [0.25, 0.3) is 0 Å². The molecule has 2 unspecified atom stereocenters. The van der Waals surface area contributed by atoms with Crippen LogP contribution in [-0.4, -0.2) is 40.1 Å². The van der Waals surface area contributed by atoms with Crippen LogP contribution in [0, 0.1) is 5.92 Å². The molecule has 2 aromatic rings. The summed E-state index contributed by atoms with van der Waals surface area (Å²) in [6, 6.07) is 6.24. The van der Waals surface area contributed by atoms with E-state index in [2.05, 4.69) is 30.1 Å². The smallest absolute Gasteiger partial charge is 0.227 e. The Kier molecular flexibility index (Phi) is 4.21. The zero-order valence-corrected chi connectivity index (χ0v) is 13.3. The molecule has 2 atom stereocenters. The Balaban J connectivity index is 1.77. The van der Waals surface area contributed by atoms with Crippen LogP contribution in [0.25, 0.3) is 10.9 Å². The molecule has 4 heteroatoms. The van der Waals surface area contributed by atoms with Gasteiger partial charge in [-0.1, -0.05) is 32.0 Å². The van der Waals surface area contributed by atoms with Crippen molar-refractivity contribution in [1.82, 2.24) is 9.88 Å². The van der Waals surface area contributed by atoms with Crippen molar-refractivity contribution >= 4 is 16.8 Å².